The van der Waals surface area contributed by atoms with Crippen molar-refractivity contribution in [3.05, 3.63) is 59.4 Å². The van der Waals surface area contributed by atoms with E-state index in [1.165, 1.54) is 24.3 Å². The van der Waals surface area contributed by atoms with Crippen LogP contribution in [0.3, 0.4) is 0 Å². The van der Waals surface area contributed by atoms with Gasteiger partial charge in [-0.25, -0.2) is 9.37 Å². The molecule has 3 aromatic rings. The molecule has 3 rings (SSSR count). The summed E-state index contributed by atoms with van der Waals surface area (Å²) in [4.78, 5) is 19.8. The van der Waals surface area contributed by atoms with Gasteiger partial charge in [0, 0.05) is 12.3 Å². The fourth-order valence-corrected chi connectivity index (χ4v) is 2.39. The molecule has 0 spiro atoms. The molecular weight excluding hydrogens is 408 g/mol. The lowest BCUT2D eigenvalue weighted by molar-refractivity contribution is -0.149. The number of aryl methyl sites for hydroxylation is 1. The van der Waals surface area contributed by atoms with Crippen molar-refractivity contribution in [1.82, 2.24) is 20.4 Å². The summed E-state index contributed by atoms with van der Waals surface area (Å²) in [5.41, 5.74) is 1.29. The van der Waals surface area contributed by atoms with E-state index in [1.54, 1.807) is 6.92 Å². The molecule has 1 N–H and O–H groups in total. The minimum Gasteiger partial charge on any atom is -0.473 e. The Balaban J connectivity index is 1.67. The van der Waals surface area contributed by atoms with Gasteiger partial charge in [-0.05, 0) is 32.0 Å². The number of nitrogens with zero attached hydrogens (tertiary/aromatic N) is 3. The van der Waals surface area contributed by atoms with E-state index in [1.807, 2.05) is 5.32 Å². The van der Waals surface area contributed by atoms with Crippen LogP contribution in [0, 0.1) is 12.7 Å². The molecule has 1 amide bonds. The normalized spacial score (nSPS) is 12.5. The highest BCUT2D eigenvalue weighted by Crippen LogP contribution is 2.25. The van der Waals surface area contributed by atoms with Crippen molar-refractivity contribution in [2.45, 2.75) is 32.7 Å². The maximum Gasteiger partial charge on any atom is 0.408 e. The van der Waals surface area contributed by atoms with Crippen LogP contribution >= 0.6 is 0 Å². The summed E-state index contributed by atoms with van der Waals surface area (Å²) in [5.74, 6) is -0.796. The molecule has 7 nitrogen and oxygen atoms in total. The van der Waals surface area contributed by atoms with Crippen LogP contribution in [-0.4, -0.2) is 33.2 Å². The number of aromatic nitrogens is 3. The number of alkyl halides is 3. The molecule has 1 atom stereocenters. The van der Waals surface area contributed by atoms with Crippen molar-refractivity contribution in [2.75, 3.05) is 0 Å². The van der Waals surface area contributed by atoms with E-state index < -0.39 is 23.9 Å². The van der Waals surface area contributed by atoms with Gasteiger partial charge in [-0.3, -0.25) is 9.78 Å². The zero-order valence-electron chi connectivity index (χ0n) is 15.8. The fraction of sp³-hybridized carbons (Fsp3) is 0.263. The molecule has 0 aliphatic rings. The van der Waals surface area contributed by atoms with E-state index in [-0.39, 0.29) is 18.1 Å². The third-order valence-corrected chi connectivity index (χ3v) is 4.16. The summed E-state index contributed by atoms with van der Waals surface area (Å²) < 4.78 is 61.4. The lowest BCUT2D eigenvalue weighted by Gasteiger charge is -2.17. The standard InChI is InChI=1S/C19H16F4N4O3/c1-10-14(17(27-30-10)15-5-4-13(20)8-24-15)9-29-16-6-3-12(7-25-16)18(28)26-11(2)19(21,22)23/h3-8,11H,9H2,1-2H3,(H,26,28)/t11-/m1/s1. The Kier molecular flexibility index (Phi) is 5.99. The van der Waals surface area contributed by atoms with Crippen molar-refractivity contribution in [2.24, 2.45) is 0 Å². The number of carbonyl (C=O) groups is 1. The lowest BCUT2D eigenvalue weighted by atomic mass is 10.1. The topological polar surface area (TPSA) is 90.1 Å². The van der Waals surface area contributed by atoms with Crippen LogP contribution in [-0.2, 0) is 6.61 Å². The van der Waals surface area contributed by atoms with Gasteiger partial charge < -0.3 is 14.6 Å². The molecule has 0 aliphatic heterocycles. The van der Waals surface area contributed by atoms with Crippen molar-refractivity contribution in [3.8, 4) is 17.3 Å². The molecule has 11 heteroatoms. The van der Waals surface area contributed by atoms with Gasteiger partial charge in [0.05, 0.1) is 23.0 Å². The first-order chi connectivity index (χ1) is 14.1. The summed E-state index contributed by atoms with van der Waals surface area (Å²) in [6.07, 6.45) is -2.38. The summed E-state index contributed by atoms with van der Waals surface area (Å²) >= 11 is 0. The highest BCUT2D eigenvalue weighted by Gasteiger charge is 2.37. The third-order valence-electron chi connectivity index (χ3n) is 4.16. The number of pyridine rings is 2. The van der Waals surface area contributed by atoms with E-state index in [4.69, 9.17) is 9.26 Å². The second-order valence-electron chi connectivity index (χ2n) is 6.34. The number of amides is 1. The van der Waals surface area contributed by atoms with Gasteiger partial charge in [0.25, 0.3) is 5.91 Å². The van der Waals surface area contributed by atoms with Crippen molar-refractivity contribution >= 4 is 5.91 Å². The number of halogens is 4. The van der Waals surface area contributed by atoms with Gasteiger partial charge in [-0.2, -0.15) is 13.2 Å². The Hall–Kier alpha value is -3.50. The first kappa shape index (κ1) is 21.2. The molecule has 158 valence electrons. The Morgan fingerprint density at radius 2 is 1.97 bits per heavy atom. The average Bonchev–Trinajstić information content (AvgIpc) is 3.07. The Bertz CT molecular complexity index is 1020. The molecule has 3 heterocycles. The van der Waals surface area contributed by atoms with Crippen LogP contribution in [0.15, 0.2) is 41.2 Å². The quantitative estimate of drug-likeness (QED) is 0.605. The maximum atomic E-state index is 13.1. The van der Waals surface area contributed by atoms with Crippen molar-refractivity contribution in [1.29, 1.82) is 0 Å². The smallest absolute Gasteiger partial charge is 0.408 e. The van der Waals surface area contributed by atoms with Crippen LogP contribution < -0.4 is 10.1 Å². The molecule has 0 unspecified atom stereocenters. The Morgan fingerprint density at radius 3 is 2.57 bits per heavy atom. The SMILES string of the molecule is Cc1onc(-c2ccc(F)cn2)c1COc1ccc(C(=O)N[C@H](C)C(F)(F)F)cn1. The summed E-state index contributed by atoms with van der Waals surface area (Å²) in [5, 5.41) is 5.76. The predicted octanol–water partition coefficient (Wildman–Crippen LogP) is 3.84. The predicted molar refractivity (Wildman–Crippen MR) is 96.0 cm³/mol. The minimum atomic E-state index is -4.54. The average molecular weight is 424 g/mol. The minimum absolute atomic E-state index is 0.00657. The van der Waals surface area contributed by atoms with E-state index in [0.29, 0.717) is 22.7 Å². The first-order valence-electron chi connectivity index (χ1n) is 8.68. The highest BCUT2D eigenvalue weighted by molar-refractivity contribution is 5.94. The zero-order valence-corrected chi connectivity index (χ0v) is 15.8. The molecule has 0 fully saturated rings. The zero-order chi connectivity index (χ0) is 21.9. The molecule has 0 bridgehead atoms. The highest BCUT2D eigenvalue weighted by atomic mass is 19.4. The monoisotopic (exact) mass is 424 g/mol. The second kappa shape index (κ2) is 8.47. The van der Waals surface area contributed by atoms with Gasteiger partial charge in [-0.15, -0.1) is 0 Å². The Labute approximate surface area is 168 Å². The first-order valence-corrected chi connectivity index (χ1v) is 8.68. The third kappa shape index (κ3) is 4.91. The lowest BCUT2D eigenvalue weighted by Crippen LogP contribution is -2.43. The number of carbonyl (C=O) groups excluding carboxylic acids is 1. The van der Waals surface area contributed by atoms with Gasteiger partial charge >= 0.3 is 6.18 Å². The summed E-state index contributed by atoms with van der Waals surface area (Å²) in [6.45, 7) is 2.51. The van der Waals surface area contributed by atoms with Gasteiger partial charge in [-0.1, -0.05) is 5.16 Å². The van der Waals surface area contributed by atoms with Crippen molar-refractivity contribution < 1.29 is 31.6 Å². The largest absolute Gasteiger partial charge is 0.473 e. The number of rotatable bonds is 6. The summed E-state index contributed by atoms with van der Waals surface area (Å²) in [6, 6.07) is 3.34. The molecule has 3 aromatic heterocycles. The molecule has 30 heavy (non-hydrogen) atoms. The van der Waals surface area contributed by atoms with Crippen LogP contribution in [0.4, 0.5) is 17.6 Å². The molecule has 0 radical (unpaired) electrons. The number of ether oxygens (including phenoxy) is 1. The van der Waals surface area contributed by atoms with E-state index in [0.717, 1.165) is 19.3 Å². The number of hydrogen-bond acceptors (Lipinski definition) is 6. The van der Waals surface area contributed by atoms with E-state index >= 15 is 0 Å². The van der Waals surface area contributed by atoms with Crippen LogP contribution in [0.2, 0.25) is 0 Å². The van der Waals surface area contributed by atoms with Crippen molar-refractivity contribution in [3.63, 3.8) is 0 Å². The number of nitrogens with one attached hydrogen (secondary N) is 1. The van der Waals surface area contributed by atoms with E-state index in [9.17, 15) is 22.4 Å². The Morgan fingerprint density at radius 1 is 1.20 bits per heavy atom. The number of hydrogen-bond donors (Lipinski definition) is 1. The van der Waals surface area contributed by atoms with E-state index in [2.05, 4.69) is 15.1 Å². The summed E-state index contributed by atoms with van der Waals surface area (Å²) in [7, 11) is 0. The molecular formula is C19H16F4N4O3. The van der Waals surface area contributed by atoms with Crippen LogP contribution in [0.1, 0.15) is 28.6 Å². The molecule has 0 saturated heterocycles. The molecule has 0 saturated carbocycles. The van der Waals surface area contributed by atoms with Gasteiger partial charge in [0.15, 0.2) is 0 Å². The fourth-order valence-electron chi connectivity index (χ4n) is 2.39. The second-order valence-corrected chi connectivity index (χ2v) is 6.34. The molecule has 0 aromatic carbocycles. The van der Waals surface area contributed by atoms with Gasteiger partial charge in [0.1, 0.15) is 29.9 Å². The van der Waals surface area contributed by atoms with Crippen LogP contribution in [0.5, 0.6) is 5.88 Å². The van der Waals surface area contributed by atoms with Gasteiger partial charge in [0.2, 0.25) is 5.88 Å². The molecule has 0 aliphatic carbocycles. The van der Waals surface area contributed by atoms with Crippen LogP contribution in [0.25, 0.3) is 11.4 Å². The maximum absolute atomic E-state index is 13.1.